The molecule has 2 aromatic carbocycles. The van der Waals surface area contributed by atoms with Gasteiger partial charge in [-0.05, 0) is 56.0 Å². The molecule has 0 unspecified atom stereocenters. The number of aliphatic hydroxyl groups is 1. The Bertz CT molecular complexity index is 1180. The number of amides is 1. The molecule has 1 aliphatic carbocycles. The number of aromatic amines is 2. The molecule has 1 saturated carbocycles. The number of rotatable bonds is 4. The summed E-state index contributed by atoms with van der Waals surface area (Å²) in [5.41, 5.74) is 4.03. The zero-order valence-corrected chi connectivity index (χ0v) is 16.3. The number of aliphatic hydroxyl groups excluding tert-OH is 1. The smallest absolute Gasteiger partial charge is 0.251 e. The minimum Gasteiger partial charge on any atom is -0.393 e. The average molecular weight is 402 g/mol. The van der Waals surface area contributed by atoms with Crippen molar-refractivity contribution < 1.29 is 9.90 Å². The number of carbonyl (C=O) groups is 1. The molecule has 0 bridgehead atoms. The van der Waals surface area contributed by atoms with Gasteiger partial charge in [0.05, 0.1) is 17.3 Å². The van der Waals surface area contributed by atoms with E-state index in [0.29, 0.717) is 11.4 Å². The number of hydrogen-bond acceptors (Lipinski definition) is 5. The fourth-order valence-electron chi connectivity index (χ4n) is 4.02. The third-order valence-corrected chi connectivity index (χ3v) is 5.67. The van der Waals surface area contributed by atoms with E-state index >= 15 is 0 Å². The van der Waals surface area contributed by atoms with Crippen molar-refractivity contribution in [2.45, 2.75) is 37.8 Å². The van der Waals surface area contributed by atoms with Gasteiger partial charge >= 0.3 is 0 Å². The summed E-state index contributed by atoms with van der Waals surface area (Å²) in [6, 6.07) is 13.5. The molecule has 0 spiro atoms. The number of nitrogens with zero attached hydrogens (tertiary/aromatic N) is 3. The summed E-state index contributed by atoms with van der Waals surface area (Å²) in [5, 5.41) is 28.1. The molecule has 1 fully saturated rings. The Morgan fingerprint density at radius 3 is 2.70 bits per heavy atom. The van der Waals surface area contributed by atoms with Gasteiger partial charge in [0.1, 0.15) is 6.33 Å². The van der Waals surface area contributed by atoms with Gasteiger partial charge in [-0.1, -0.05) is 12.1 Å². The molecule has 0 saturated heterocycles. The van der Waals surface area contributed by atoms with Crippen molar-refractivity contribution in [3.05, 3.63) is 54.4 Å². The fourth-order valence-corrected chi connectivity index (χ4v) is 4.02. The van der Waals surface area contributed by atoms with Gasteiger partial charge in [-0.3, -0.25) is 15.0 Å². The van der Waals surface area contributed by atoms with Gasteiger partial charge in [-0.25, -0.2) is 4.98 Å². The maximum absolute atomic E-state index is 12.8. The largest absolute Gasteiger partial charge is 0.393 e. The van der Waals surface area contributed by atoms with Crippen LogP contribution in [0.15, 0.2) is 48.8 Å². The highest BCUT2D eigenvalue weighted by Gasteiger charge is 2.21. The van der Waals surface area contributed by atoms with E-state index in [2.05, 4.69) is 30.7 Å². The number of carbonyl (C=O) groups excluding carboxylic acids is 1. The summed E-state index contributed by atoms with van der Waals surface area (Å²) in [6.07, 6.45) is 4.39. The molecule has 2 heterocycles. The van der Waals surface area contributed by atoms with Crippen LogP contribution in [0.2, 0.25) is 0 Å². The second-order valence-electron chi connectivity index (χ2n) is 7.71. The van der Waals surface area contributed by atoms with E-state index in [1.54, 1.807) is 6.33 Å². The molecule has 0 atom stereocenters. The van der Waals surface area contributed by atoms with Crippen LogP contribution >= 0.6 is 0 Å². The molecule has 8 heteroatoms. The highest BCUT2D eigenvalue weighted by atomic mass is 16.3. The molecule has 0 radical (unpaired) electrons. The van der Waals surface area contributed by atoms with Gasteiger partial charge in [0.25, 0.3) is 5.91 Å². The van der Waals surface area contributed by atoms with Crippen LogP contribution in [-0.4, -0.2) is 48.5 Å². The molecule has 2 aromatic heterocycles. The quantitative estimate of drug-likeness (QED) is 0.418. The minimum absolute atomic E-state index is 0.0977. The Labute approximate surface area is 172 Å². The van der Waals surface area contributed by atoms with Crippen molar-refractivity contribution in [2.75, 3.05) is 0 Å². The zero-order chi connectivity index (χ0) is 20.5. The van der Waals surface area contributed by atoms with Crippen LogP contribution in [0.5, 0.6) is 0 Å². The molecular formula is C22H22N6O2. The van der Waals surface area contributed by atoms with E-state index in [4.69, 9.17) is 0 Å². The predicted octanol–water partition coefficient (Wildman–Crippen LogP) is 3.05. The molecule has 152 valence electrons. The first-order valence-electron chi connectivity index (χ1n) is 10.1. The van der Waals surface area contributed by atoms with Gasteiger partial charge in [-0.15, -0.1) is 0 Å². The number of benzene rings is 2. The number of hydrogen-bond donors (Lipinski definition) is 4. The first-order chi connectivity index (χ1) is 14.7. The van der Waals surface area contributed by atoms with Gasteiger partial charge in [0.15, 0.2) is 5.82 Å². The summed E-state index contributed by atoms with van der Waals surface area (Å²) in [6.45, 7) is 0. The van der Waals surface area contributed by atoms with Gasteiger partial charge in [-0.2, -0.15) is 10.2 Å². The van der Waals surface area contributed by atoms with E-state index < -0.39 is 0 Å². The molecule has 5 rings (SSSR count). The van der Waals surface area contributed by atoms with E-state index in [0.717, 1.165) is 53.4 Å². The van der Waals surface area contributed by atoms with Crippen molar-refractivity contribution in [1.82, 2.24) is 30.7 Å². The summed E-state index contributed by atoms with van der Waals surface area (Å²) >= 11 is 0. The number of H-pyrrole nitrogens is 2. The van der Waals surface area contributed by atoms with Crippen LogP contribution in [0.25, 0.3) is 33.5 Å². The lowest BCUT2D eigenvalue weighted by Crippen LogP contribution is -2.38. The first-order valence-corrected chi connectivity index (χ1v) is 10.1. The van der Waals surface area contributed by atoms with Crippen LogP contribution in [-0.2, 0) is 0 Å². The second-order valence-corrected chi connectivity index (χ2v) is 7.71. The van der Waals surface area contributed by atoms with E-state index in [9.17, 15) is 9.90 Å². The summed E-state index contributed by atoms with van der Waals surface area (Å²) in [4.78, 5) is 17.0. The van der Waals surface area contributed by atoms with Crippen LogP contribution < -0.4 is 5.32 Å². The van der Waals surface area contributed by atoms with Crippen LogP contribution in [0.1, 0.15) is 36.0 Å². The van der Waals surface area contributed by atoms with Crippen molar-refractivity contribution >= 4 is 16.8 Å². The Morgan fingerprint density at radius 1 is 1.03 bits per heavy atom. The Morgan fingerprint density at radius 2 is 1.90 bits per heavy atom. The molecular weight excluding hydrogens is 380 g/mol. The lowest BCUT2D eigenvalue weighted by molar-refractivity contribution is 0.0867. The van der Waals surface area contributed by atoms with Gasteiger partial charge in [0, 0.05) is 28.1 Å². The Hall–Kier alpha value is -3.52. The van der Waals surface area contributed by atoms with E-state index in [1.807, 2.05) is 42.5 Å². The third kappa shape index (κ3) is 3.57. The molecule has 30 heavy (non-hydrogen) atoms. The van der Waals surface area contributed by atoms with Gasteiger partial charge in [0.2, 0.25) is 0 Å². The number of fused-ring (bicyclic) bond motifs is 1. The number of nitrogens with one attached hydrogen (secondary N) is 3. The summed E-state index contributed by atoms with van der Waals surface area (Å²) in [5.74, 6) is 0.522. The fraction of sp³-hybridized carbons (Fsp3) is 0.273. The maximum atomic E-state index is 12.8. The topological polar surface area (TPSA) is 120 Å². The summed E-state index contributed by atoms with van der Waals surface area (Å²) < 4.78 is 0. The maximum Gasteiger partial charge on any atom is 0.251 e. The standard InChI is InChI=1S/C22H22N6O2/c29-17-7-5-16(6-8-17)25-22(30)15-3-1-2-13(10-15)20-18-11-14(21-23-12-24-28-21)4-9-19(18)26-27-20/h1-4,9-12,16-17,29H,5-8H2,(H,25,30)(H,26,27)(H,23,24,28). The lowest BCUT2D eigenvalue weighted by Gasteiger charge is -2.26. The molecule has 1 aliphatic rings. The number of aromatic nitrogens is 5. The molecule has 4 N–H and O–H groups in total. The molecule has 1 amide bonds. The van der Waals surface area contributed by atoms with Crippen molar-refractivity contribution in [1.29, 1.82) is 0 Å². The lowest BCUT2D eigenvalue weighted by atomic mass is 9.93. The highest BCUT2D eigenvalue weighted by Crippen LogP contribution is 2.30. The van der Waals surface area contributed by atoms with Gasteiger partial charge < -0.3 is 10.4 Å². The molecule has 8 nitrogen and oxygen atoms in total. The van der Waals surface area contributed by atoms with E-state index in [-0.39, 0.29) is 18.1 Å². The first kappa shape index (κ1) is 18.5. The van der Waals surface area contributed by atoms with Crippen molar-refractivity contribution in [3.63, 3.8) is 0 Å². The highest BCUT2D eigenvalue weighted by molar-refractivity contribution is 5.99. The molecule has 0 aliphatic heterocycles. The predicted molar refractivity (Wildman–Crippen MR) is 113 cm³/mol. The van der Waals surface area contributed by atoms with E-state index in [1.165, 1.54) is 0 Å². The monoisotopic (exact) mass is 402 g/mol. The van der Waals surface area contributed by atoms with Crippen LogP contribution in [0, 0.1) is 0 Å². The SMILES string of the molecule is O=C(NC1CCC(O)CC1)c1cccc(-c2n[nH]c3ccc(-c4nc[nH]n4)cc23)c1. The Kier molecular flexibility index (Phi) is 4.76. The minimum atomic E-state index is -0.240. The van der Waals surface area contributed by atoms with Crippen LogP contribution in [0.3, 0.4) is 0 Å². The van der Waals surface area contributed by atoms with Crippen molar-refractivity contribution in [3.8, 4) is 22.6 Å². The second kappa shape index (κ2) is 7.72. The molecule has 4 aromatic rings. The third-order valence-electron chi connectivity index (χ3n) is 5.67. The summed E-state index contributed by atoms with van der Waals surface area (Å²) in [7, 11) is 0. The normalized spacial score (nSPS) is 19.1. The average Bonchev–Trinajstić information content (AvgIpc) is 3.45. The zero-order valence-electron chi connectivity index (χ0n) is 16.3. The Balaban J connectivity index is 1.43. The van der Waals surface area contributed by atoms with Crippen LogP contribution in [0.4, 0.5) is 0 Å². The van der Waals surface area contributed by atoms with Crippen molar-refractivity contribution in [2.24, 2.45) is 0 Å².